The summed E-state index contributed by atoms with van der Waals surface area (Å²) in [6.45, 7) is 0.484. The Morgan fingerprint density at radius 3 is 2.39 bits per heavy atom. The normalized spacial score (nSPS) is 22.1. The van der Waals surface area contributed by atoms with Gasteiger partial charge in [-0.05, 0) is 24.6 Å². The summed E-state index contributed by atoms with van der Waals surface area (Å²) in [7, 11) is 0. The summed E-state index contributed by atoms with van der Waals surface area (Å²) < 4.78 is 74.9. The van der Waals surface area contributed by atoms with E-state index in [1.165, 1.54) is 29.6 Å². The van der Waals surface area contributed by atoms with Crippen molar-refractivity contribution in [3.05, 3.63) is 48.3 Å². The lowest BCUT2D eigenvalue weighted by molar-refractivity contribution is -0.192. The molecule has 3 heterocycles. The zero-order chi connectivity index (χ0) is 24.4. The Morgan fingerprint density at radius 2 is 1.82 bits per heavy atom. The molecular formula is C20H20F6N4O3. The van der Waals surface area contributed by atoms with E-state index in [-0.39, 0.29) is 38.4 Å². The van der Waals surface area contributed by atoms with E-state index in [2.05, 4.69) is 9.97 Å². The number of hydrogen-bond acceptors (Lipinski definition) is 4. The number of aliphatic carboxylic acids is 1. The summed E-state index contributed by atoms with van der Waals surface area (Å²) >= 11 is 0. The van der Waals surface area contributed by atoms with Crippen molar-refractivity contribution in [2.75, 3.05) is 31.1 Å². The molecule has 1 atom stereocenters. The molecule has 180 valence electrons. The molecule has 0 bridgehead atoms. The lowest BCUT2D eigenvalue weighted by Gasteiger charge is -2.45. The first-order valence-electron chi connectivity index (χ1n) is 9.81. The number of nitrogens with one attached hydrogen (secondary N) is 1. The second-order valence-electron chi connectivity index (χ2n) is 7.88. The molecule has 1 spiro atoms. The van der Waals surface area contributed by atoms with E-state index >= 15 is 0 Å². The van der Waals surface area contributed by atoms with Gasteiger partial charge in [0, 0.05) is 38.3 Å². The Morgan fingerprint density at radius 1 is 1.12 bits per heavy atom. The van der Waals surface area contributed by atoms with Gasteiger partial charge in [-0.15, -0.1) is 0 Å². The van der Waals surface area contributed by atoms with Crippen LogP contribution in [0.25, 0.3) is 0 Å². The van der Waals surface area contributed by atoms with Crippen LogP contribution in [0.15, 0.2) is 36.8 Å². The minimum Gasteiger partial charge on any atom is -0.475 e. The van der Waals surface area contributed by atoms with Crippen molar-refractivity contribution >= 4 is 17.6 Å². The third-order valence-electron chi connectivity index (χ3n) is 5.75. The molecule has 2 aliphatic rings. The van der Waals surface area contributed by atoms with E-state index in [4.69, 9.17) is 9.90 Å². The summed E-state index contributed by atoms with van der Waals surface area (Å²) in [6.07, 6.45) is -2.41. The number of carboxylic acid groups (broad SMARTS) is 1. The lowest BCUT2D eigenvalue weighted by atomic mass is 9.75. The number of carbonyl (C=O) groups excluding carboxylic acids is 1. The van der Waals surface area contributed by atoms with Crippen LogP contribution >= 0.6 is 0 Å². The molecular weight excluding hydrogens is 458 g/mol. The number of piperidine rings is 1. The number of aromatic amines is 1. The molecule has 1 aromatic heterocycles. The van der Waals surface area contributed by atoms with Crippen LogP contribution in [0.4, 0.5) is 32.0 Å². The van der Waals surface area contributed by atoms with Gasteiger partial charge in [-0.2, -0.15) is 13.2 Å². The maximum Gasteiger partial charge on any atom is 0.490 e. The van der Waals surface area contributed by atoms with E-state index < -0.39 is 29.3 Å². The highest BCUT2D eigenvalue weighted by Crippen LogP contribution is 2.50. The van der Waals surface area contributed by atoms with E-state index in [0.717, 1.165) is 0 Å². The van der Waals surface area contributed by atoms with Crippen molar-refractivity contribution in [2.45, 2.75) is 24.9 Å². The number of carboxylic acids is 1. The number of benzene rings is 1. The molecule has 13 heteroatoms. The number of nitrogens with zero attached hydrogens (tertiary/aromatic N) is 3. The number of amides is 1. The number of H-pyrrole nitrogens is 1. The van der Waals surface area contributed by atoms with E-state index in [9.17, 15) is 31.1 Å². The first kappa shape index (κ1) is 24.4. The van der Waals surface area contributed by atoms with Gasteiger partial charge < -0.3 is 19.9 Å². The Bertz CT molecular complexity index is 998. The van der Waals surface area contributed by atoms with Gasteiger partial charge in [0.1, 0.15) is 11.5 Å². The summed E-state index contributed by atoms with van der Waals surface area (Å²) in [4.78, 5) is 31.3. The number of alkyl halides is 5. The van der Waals surface area contributed by atoms with E-state index in [1.807, 2.05) is 0 Å². The molecule has 1 unspecified atom stereocenters. The van der Waals surface area contributed by atoms with Gasteiger partial charge in [0.2, 0.25) is 0 Å². The molecule has 2 aliphatic heterocycles. The summed E-state index contributed by atoms with van der Waals surface area (Å²) in [6, 6.07) is 5.97. The third kappa shape index (κ3) is 5.22. The zero-order valence-electron chi connectivity index (χ0n) is 17.1. The van der Waals surface area contributed by atoms with Crippen LogP contribution < -0.4 is 4.90 Å². The minimum absolute atomic E-state index is 0.00652. The van der Waals surface area contributed by atoms with Gasteiger partial charge in [0.05, 0.1) is 17.9 Å². The molecule has 7 nitrogen and oxygen atoms in total. The van der Waals surface area contributed by atoms with Crippen molar-refractivity contribution < 1.29 is 41.0 Å². The Kier molecular flexibility index (Phi) is 6.61. The number of hydrogen-bond donors (Lipinski definition) is 2. The smallest absolute Gasteiger partial charge is 0.475 e. The van der Waals surface area contributed by atoms with Gasteiger partial charge in [0.15, 0.2) is 0 Å². The van der Waals surface area contributed by atoms with Gasteiger partial charge in [-0.3, -0.25) is 4.79 Å². The van der Waals surface area contributed by atoms with Crippen molar-refractivity contribution in [1.82, 2.24) is 14.9 Å². The van der Waals surface area contributed by atoms with Crippen LogP contribution in [-0.4, -0.2) is 70.1 Å². The van der Waals surface area contributed by atoms with Crippen LogP contribution in [0.5, 0.6) is 0 Å². The topological polar surface area (TPSA) is 89.5 Å². The molecule has 4 rings (SSSR count). The van der Waals surface area contributed by atoms with Crippen molar-refractivity contribution in [1.29, 1.82) is 0 Å². The van der Waals surface area contributed by atoms with Crippen LogP contribution in [-0.2, 0) is 4.79 Å². The number of rotatable bonds is 2. The molecule has 2 fully saturated rings. The largest absolute Gasteiger partial charge is 0.490 e. The van der Waals surface area contributed by atoms with Crippen LogP contribution in [0.3, 0.4) is 0 Å². The Balaban J connectivity index is 0.000000383. The SMILES string of the molecule is O=C(O)C(F)(F)F.O=C(c1cnc[nH]1)N1CCC(F)(F)C2(CCN(c3cccc(F)c3)C2)C1. The second kappa shape index (κ2) is 8.94. The number of anilines is 1. The quantitative estimate of drug-likeness (QED) is 0.645. The van der Waals surface area contributed by atoms with E-state index in [1.54, 1.807) is 17.0 Å². The van der Waals surface area contributed by atoms with E-state index in [0.29, 0.717) is 17.9 Å². The predicted octanol–water partition coefficient (Wildman–Crippen LogP) is 3.56. The molecule has 1 aromatic carbocycles. The Hall–Kier alpha value is -3.25. The molecule has 1 amide bonds. The fourth-order valence-corrected chi connectivity index (χ4v) is 4.01. The van der Waals surface area contributed by atoms with Crippen molar-refractivity contribution in [3.8, 4) is 0 Å². The van der Waals surface area contributed by atoms with Crippen molar-refractivity contribution in [3.63, 3.8) is 0 Å². The molecule has 2 saturated heterocycles. The van der Waals surface area contributed by atoms with Crippen LogP contribution in [0, 0.1) is 11.2 Å². The number of halogens is 6. The van der Waals surface area contributed by atoms with Crippen LogP contribution in [0.2, 0.25) is 0 Å². The average Bonchev–Trinajstić information content (AvgIpc) is 3.41. The molecule has 33 heavy (non-hydrogen) atoms. The minimum atomic E-state index is -5.08. The summed E-state index contributed by atoms with van der Waals surface area (Å²) in [5.74, 6) is -6.34. The monoisotopic (exact) mass is 478 g/mol. The van der Waals surface area contributed by atoms with Gasteiger partial charge in [-0.1, -0.05) is 6.07 Å². The van der Waals surface area contributed by atoms with Crippen molar-refractivity contribution in [2.24, 2.45) is 5.41 Å². The Labute approximate surface area is 184 Å². The van der Waals surface area contributed by atoms with Gasteiger partial charge >= 0.3 is 12.1 Å². The number of carbonyl (C=O) groups is 2. The summed E-state index contributed by atoms with van der Waals surface area (Å²) in [5, 5.41) is 7.12. The number of likely N-dealkylation sites (tertiary alicyclic amines) is 1. The highest BCUT2D eigenvalue weighted by atomic mass is 19.4. The molecule has 0 radical (unpaired) electrons. The fourth-order valence-electron chi connectivity index (χ4n) is 4.01. The maximum atomic E-state index is 14.9. The van der Waals surface area contributed by atoms with Crippen LogP contribution in [0.1, 0.15) is 23.3 Å². The third-order valence-corrected chi connectivity index (χ3v) is 5.75. The molecule has 2 aromatic rings. The second-order valence-corrected chi connectivity index (χ2v) is 7.88. The average molecular weight is 478 g/mol. The highest BCUT2D eigenvalue weighted by Gasteiger charge is 2.60. The lowest BCUT2D eigenvalue weighted by Crippen LogP contribution is -2.58. The molecule has 2 N–H and O–H groups in total. The predicted molar refractivity (Wildman–Crippen MR) is 103 cm³/mol. The highest BCUT2D eigenvalue weighted by molar-refractivity contribution is 5.92. The standard InChI is InChI=1S/C18H19F3N4O.C2HF3O2/c19-13-2-1-3-14(8-13)24-6-4-17(10-24)11-25(7-5-18(17,20)21)16(26)15-9-22-12-23-15;3-2(4,5)1(6)7/h1-3,8-9,12H,4-7,10-11H2,(H,22,23);(H,6,7). The fraction of sp³-hybridized carbons (Fsp3) is 0.450. The molecule has 0 aliphatic carbocycles. The number of aromatic nitrogens is 2. The van der Waals surface area contributed by atoms with Gasteiger partial charge in [-0.25, -0.2) is 22.9 Å². The summed E-state index contributed by atoms with van der Waals surface area (Å²) in [5.41, 5.74) is -0.437. The molecule has 0 saturated carbocycles. The first-order valence-corrected chi connectivity index (χ1v) is 9.81. The maximum absolute atomic E-state index is 14.9. The van der Waals surface area contributed by atoms with Gasteiger partial charge in [0.25, 0.3) is 11.8 Å². The number of imidazole rings is 1. The first-order chi connectivity index (χ1) is 15.3. The zero-order valence-corrected chi connectivity index (χ0v) is 17.1.